The second-order valence-electron chi connectivity index (χ2n) is 5.31. The number of hydrogen-bond donors (Lipinski definition) is 1. The SMILES string of the molecule is C[C@@H](NC(=O)CSc1nncn1-c1ccccc1)c1ccccc1. The molecule has 1 heterocycles. The number of benzene rings is 2. The molecule has 3 rings (SSSR count). The third kappa shape index (κ3) is 4.02. The van der Waals surface area contributed by atoms with E-state index in [1.807, 2.05) is 72.2 Å². The Morgan fingerprint density at radius 3 is 2.50 bits per heavy atom. The summed E-state index contributed by atoms with van der Waals surface area (Å²) in [4.78, 5) is 12.2. The number of thioether (sulfide) groups is 1. The predicted octanol–water partition coefficient (Wildman–Crippen LogP) is 3.24. The van der Waals surface area contributed by atoms with Crippen molar-refractivity contribution < 1.29 is 4.79 Å². The molecule has 1 atom stereocenters. The summed E-state index contributed by atoms with van der Waals surface area (Å²) in [5.41, 5.74) is 2.06. The summed E-state index contributed by atoms with van der Waals surface area (Å²) >= 11 is 1.37. The molecule has 0 radical (unpaired) electrons. The predicted molar refractivity (Wildman–Crippen MR) is 95.1 cm³/mol. The van der Waals surface area contributed by atoms with Crippen molar-refractivity contribution in [3.63, 3.8) is 0 Å². The second kappa shape index (κ2) is 7.79. The van der Waals surface area contributed by atoms with Gasteiger partial charge < -0.3 is 5.32 Å². The average molecular weight is 338 g/mol. The zero-order valence-electron chi connectivity index (χ0n) is 13.3. The lowest BCUT2D eigenvalue weighted by atomic mass is 10.1. The molecule has 0 saturated carbocycles. The van der Waals surface area contributed by atoms with Crippen LogP contribution in [0.15, 0.2) is 72.1 Å². The number of hydrogen-bond acceptors (Lipinski definition) is 4. The molecule has 0 saturated heterocycles. The fraction of sp³-hybridized carbons (Fsp3) is 0.167. The van der Waals surface area contributed by atoms with Crippen molar-refractivity contribution in [2.45, 2.75) is 18.1 Å². The first kappa shape index (κ1) is 16.3. The van der Waals surface area contributed by atoms with E-state index in [9.17, 15) is 4.79 Å². The summed E-state index contributed by atoms with van der Waals surface area (Å²) in [5, 5.41) is 11.7. The summed E-state index contributed by atoms with van der Waals surface area (Å²) in [5.74, 6) is 0.266. The van der Waals surface area contributed by atoms with Crippen LogP contribution in [0.5, 0.6) is 0 Å². The lowest BCUT2D eigenvalue weighted by Gasteiger charge is -2.14. The van der Waals surface area contributed by atoms with Crippen LogP contribution in [0.1, 0.15) is 18.5 Å². The number of nitrogens with one attached hydrogen (secondary N) is 1. The van der Waals surface area contributed by atoms with Crippen LogP contribution in [0.2, 0.25) is 0 Å². The maximum absolute atomic E-state index is 12.2. The molecule has 0 spiro atoms. The van der Waals surface area contributed by atoms with Gasteiger partial charge in [-0.15, -0.1) is 10.2 Å². The molecule has 0 aliphatic carbocycles. The Kier molecular flexibility index (Phi) is 5.28. The maximum Gasteiger partial charge on any atom is 0.230 e. The molecule has 6 heteroatoms. The summed E-state index contributed by atoms with van der Waals surface area (Å²) in [6.07, 6.45) is 1.65. The molecule has 3 aromatic rings. The van der Waals surface area contributed by atoms with E-state index < -0.39 is 0 Å². The van der Waals surface area contributed by atoms with Gasteiger partial charge in [0, 0.05) is 5.69 Å². The van der Waals surface area contributed by atoms with Crippen LogP contribution in [0.4, 0.5) is 0 Å². The first-order chi connectivity index (χ1) is 11.7. The number of para-hydroxylation sites is 1. The minimum Gasteiger partial charge on any atom is -0.349 e. The average Bonchev–Trinajstić information content (AvgIpc) is 3.10. The molecular weight excluding hydrogens is 320 g/mol. The van der Waals surface area contributed by atoms with Gasteiger partial charge in [0.2, 0.25) is 5.91 Å². The Balaban J connectivity index is 1.59. The first-order valence-corrected chi connectivity index (χ1v) is 8.65. The van der Waals surface area contributed by atoms with Gasteiger partial charge >= 0.3 is 0 Å². The molecule has 24 heavy (non-hydrogen) atoms. The van der Waals surface area contributed by atoms with E-state index in [4.69, 9.17) is 0 Å². The highest BCUT2D eigenvalue weighted by molar-refractivity contribution is 7.99. The quantitative estimate of drug-likeness (QED) is 0.701. The fourth-order valence-electron chi connectivity index (χ4n) is 2.33. The van der Waals surface area contributed by atoms with Crippen LogP contribution in [0, 0.1) is 0 Å². The third-order valence-corrected chi connectivity index (χ3v) is 4.50. The van der Waals surface area contributed by atoms with Gasteiger partial charge in [0.1, 0.15) is 6.33 Å². The number of carbonyl (C=O) groups is 1. The standard InChI is InChI=1S/C18H18N4OS/c1-14(15-8-4-2-5-9-15)20-17(23)12-24-18-21-19-13-22(18)16-10-6-3-7-11-16/h2-11,13-14H,12H2,1H3,(H,20,23)/t14-/m1/s1. The van der Waals surface area contributed by atoms with Crippen molar-refractivity contribution in [2.24, 2.45) is 0 Å². The van der Waals surface area contributed by atoms with E-state index in [1.54, 1.807) is 6.33 Å². The van der Waals surface area contributed by atoms with Crippen LogP contribution in [0.3, 0.4) is 0 Å². The molecule has 0 fully saturated rings. The van der Waals surface area contributed by atoms with E-state index in [0.29, 0.717) is 10.9 Å². The van der Waals surface area contributed by atoms with Crippen LogP contribution < -0.4 is 5.32 Å². The number of amides is 1. The van der Waals surface area contributed by atoms with E-state index in [-0.39, 0.29) is 11.9 Å². The highest BCUT2D eigenvalue weighted by Crippen LogP contribution is 2.19. The lowest BCUT2D eigenvalue weighted by Crippen LogP contribution is -2.28. The monoisotopic (exact) mass is 338 g/mol. The molecule has 0 aliphatic heterocycles. The van der Waals surface area contributed by atoms with Gasteiger partial charge in [0.25, 0.3) is 0 Å². The minimum atomic E-state index is -0.0287. The Bertz CT molecular complexity index is 789. The summed E-state index contributed by atoms with van der Waals surface area (Å²) in [6, 6.07) is 19.7. The fourth-order valence-corrected chi connectivity index (χ4v) is 3.07. The van der Waals surface area contributed by atoms with Gasteiger partial charge in [-0.05, 0) is 24.6 Å². The van der Waals surface area contributed by atoms with Crippen LogP contribution in [-0.2, 0) is 4.79 Å². The Morgan fingerprint density at radius 1 is 1.12 bits per heavy atom. The summed E-state index contributed by atoms with van der Waals surface area (Å²) < 4.78 is 1.87. The van der Waals surface area contributed by atoms with E-state index in [0.717, 1.165) is 11.3 Å². The minimum absolute atomic E-state index is 0.0220. The van der Waals surface area contributed by atoms with E-state index in [1.165, 1.54) is 11.8 Å². The topological polar surface area (TPSA) is 59.8 Å². The zero-order valence-corrected chi connectivity index (χ0v) is 14.1. The Morgan fingerprint density at radius 2 is 1.79 bits per heavy atom. The highest BCUT2D eigenvalue weighted by atomic mass is 32.2. The molecule has 2 aromatic carbocycles. The van der Waals surface area contributed by atoms with Crippen LogP contribution in [0.25, 0.3) is 5.69 Å². The van der Waals surface area contributed by atoms with Gasteiger partial charge in [-0.1, -0.05) is 60.3 Å². The molecule has 0 unspecified atom stereocenters. The van der Waals surface area contributed by atoms with Crippen LogP contribution >= 0.6 is 11.8 Å². The zero-order chi connectivity index (χ0) is 16.8. The van der Waals surface area contributed by atoms with Gasteiger partial charge in [-0.3, -0.25) is 9.36 Å². The normalized spacial score (nSPS) is 11.9. The van der Waals surface area contributed by atoms with Gasteiger partial charge in [0.15, 0.2) is 5.16 Å². The van der Waals surface area contributed by atoms with Crippen molar-refractivity contribution >= 4 is 17.7 Å². The molecular formula is C18H18N4OS. The summed E-state index contributed by atoms with van der Waals surface area (Å²) in [6.45, 7) is 1.98. The smallest absolute Gasteiger partial charge is 0.230 e. The molecule has 1 amide bonds. The number of carbonyl (C=O) groups excluding carboxylic acids is 1. The second-order valence-corrected chi connectivity index (χ2v) is 6.25. The van der Waals surface area contributed by atoms with Gasteiger partial charge in [-0.25, -0.2) is 0 Å². The molecule has 1 aromatic heterocycles. The Hall–Kier alpha value is -2.60. The van der Waals surface area contributed by atoms with Gasteiger partial charge in [0.05, 0.1) is 11.8 Å². The van der Waals surface area contributed by atoms with E-state index >= 15 is 0 Å². The van der Waals surface area contributed by atoms with Crippen LogP contribution in [-0.4, -0.2) is 26.4 Å². The van der Waals surface area contributed by atoms with E-state index in [2.05, 4.69) is 15.5 Å². The van der Waals surface area contributed by atoms with Crippen molar-refractivity contribution in [2.75, 3.05) is 5.75 Å². The molecule has 5 nitrogen and oxygen atoms in total. The summed E-state index contributed by atoms with van der Waals surface area (Å²) in [7, 11) is 0. The van der Waals surface area contributed by atoms with Gasteiger partial charge in [-0.2, -0.15) is 0 Å². The van der Waals surface area contributed by atoms with Crippen molar-refractivity contribution in [1.29, 1.82) is 0 Å². The maximum atomic E-state index is 12.2. The largest absolute Gasteiger partial charge is 0.349 e. The molecule has 1 N–H and O–H groups in total. The number of nitrogens with zero attached hydrogens (tertiary/aromatic N) is 3. The van der Waals surface area contributed by atoms with Crippen molar-refractivity contribution in [1.82, 2.24) is 20.1 Å². The molecule has 0 bridgehead atoms. The first-order valence-electron chi connectivity index (χ1n) is 7.66. The third-order valence-electron chi connectivity index (χ3n) is 3.56. The lowest BCUT2D eigenvalue weighted by molar-refractivity contribution is -0.119. The highest BCUT2D eigenvalue weighted by Gasteiger charge is 2.12. The molecule has 122 valence electrons. The number of rotatable bonds is 6. The number of aromatic nitrogens is 3. The van der Waals surface area contributed by atoms with Crippen molar-refractivity contribution in [3.05, 3.63) is 72.6 Å². The van der Waals surface area contributed by atoms with Crippen molar-refractivity contribution in [3.8, 4) is 5.69 Å². The molecule has 0 aliphatic rings. The Labute approximate surface area is 145 Å².